The van der Waals surface area contributed by atoms with Crippen molar-refractivity contribution < 1.29 is 14.7 Å². The van der Waals surface area contributed by atoms with Crippen LogP contribution in [0.5, 0.6) is 0 Å². The van der Waals surface area contributed by atoms with E-state index in [-0.39, 0.29) is 5.91 Å². The molecule has 0 heterocycles. The molecule has 2 rings (SSSR count). The molecule has 1 fully saturated rings. The van der Waals surface area contributed by atoms with Crippen molar-refractivity contribution in [2.45, 2.75) is 26.2 Å². The van der Waals surface area contributed by atoms with Crippen molar-refractivity contribution in [1.29, 1.82) is 0 Å². The summed E-state index contributed by atoms with van der Waals surface area (Å²) in [7, 11) is 0. The molecule has 0 radical (unpaired) electrons. The molecule has 19 heavy (non-hydrogen) atoms. The van der Waals surface area contributed by atoms with E-state index in [0.717, 1.165) is 30.0 Å². The summed E-state index contributed by atoms with van der Waals surface area (Å²) in [5.41, 5.74) is 2.48. The normalized spacial score (nSPS) is 14.6. The van der Waals surface area contributed by atoms with Gasteiger partial charge in [-0.1, -0.05) is 6.07 Å². The van der Waals surface area contributed by atoms with Gasteiger partial charge in [0.15, 0.2) is 0 Å². The predicted molar refractivity (Wildman–Crippen MR) is 73.8 cm³/mol. The van der Waals surface area contributed by atoms with Crippen LogP contribution in [0.4, 0.5) is 5.69 Å². The fourth-order valence-electron chi connectivity index (χ4n) is 1.86. The molecule has 0 saturated heterocycles. The zero-order valence-corrected chi connectivity index (χ0v) is 10.8. The maximum Gasteiger partial charge on any atom is 0.328 e. The molecule has 0 spiro atoms. The number of rotatable bonds is 5. The lowest BCUT2D eigenvalue weighted by atomic mass is 10.1. The average molecular weight is 259 g/mol. The number of amides is 1. The summed E-state index contributed by atoms with van der Waals surface area (Å²) in [6.07, 6.45) is 5.50. The second-order valence-electron chi connectivity index (χ2n) is 4.94. The van der Waals surface area contributed by atoms with Crippen LogP contribution < -0.4 is 5.32 Å². The van der Waals surface area contributed by atoms with Gasteiger partial charge in [-0.2, -0.15) is 0 Å². The fourth-order valence-corrected chi connectivity index (χ4v) is 1.86. The topological polar surface area (TPSA) is 66.4 Å². The number of hydrogen-bond acceptors (Lipinski definition) is 2. The summed E-state index contributed by atoms with van der Waals surface area (Å²) in [5, 5.41) is 11.5. The molecule has 1 saturated carbocycles. The highest BCUT2D eigenvalue weighted by molar-refractivity contribution is 5.92. The Morgan fingerprint density at radius 1 is 1.42 bits per heavy atom. The quantitative estimate of drug-likeness (QED) is 0.799. The van der Waals surface area contributed by atoms with E-state index in [4.69, 9.17) is 5.11 Å². The predicted octanol–water partition coefficient (Wildman–Crippen LogP) is 2.83. The number of aliphatic carboxylic acids is 1. The first-order chi connectivity index (χ1) is 9.04. The lowest BCUT2D eigenvalue weighted by Gasteiger charge is -2.07. The number of nitrogens with one attached hydrogen (secondary N) is 1. The van der Waals surface area contributed by atoms with Gasteiger partial charge in [-0.05, 0) is 55.0 Å². The monoisotopic (exact) mass is 259 g/mol. The van der Waals surface area contributed by atoms with Crippen molar-refractivity contribution in [1.82, 2.24) is 0 Å². The summed E-state index contributed by atoms with van der Waals surface area (Å²) < 4.78 is 0. The molecule has 4 nitrogen and oxygen atoms in total. The van der Waals surface area contributed by atoms with Gasteiger partial charge in [-0.3, -0.25) is 4.79 Å². The number of benzene rings is 1. The SMILES string of the molecule is Cc1ccc(NC(=O)CC2CC2)cc1C=CC(=O)O. The van der Waals surface area contributed by atoms with Crippen molar-refractivity contribution in [2.75, 3.05) is 5.32 Å². The molecule has 0 aromatic heterocycles. The largest absolute Gasteiger partial charge is 0.478 e. The molecule has 1 aliphatic rings. The Kier molecular flexibility index (Phi) is 4.00. The smallest absolute Gasteiger partial charge is 0.328 e. The van der Waals surface area contributed by atoms with Crippen LogP contribution in [0.15, 0.2) is 24.3 Å². The van der Waals surface area contributed by atoms with Crippen LogP contribution in [0.25, 0.3) is 6.08 Å². The summed E-state index contributed by atoms with van der Waals surface area (Å²) in [5.74, 6) is -0.404. The Balaban J connectivity index is 2.06. The van der Waals surface area contributed by atoms with Crippen molar-refractivity contribution in [2.24, 2.45) is 5.92 Å². The van der Waals surface area contributed by atoms with Crippen LogP contribution in [0.2, 0.25) is 0 Å². The number of carboxylic acids is 1. The van der Waals surface area contributed by atoms with E-state index >= 15 is 0 Å². The van der Waals surface area contributed by atoms with E-state index in [2.05, 4.69) is 5.32 Å². The highest BCUT2D eigenvalue weighted by Crippen LogP contribution is 2.32. The summed E-state index contributed by atoms with van der Waals surface area (Å²) >= 11 is 0. The molecule has 2 N–H and O–H groups in total. The van der Waals surface area contributed by atoms with Gasteiger partial charge in [0.25, 0.3) is 0 Å². The Morgan fingerprint density at radius 3 is 2.79 bits per heavy atom. The minimum atomic E-state index is -0.984. The van der Waals surface area contributed by atoms with E-state index in [1.54, 1.807) is 6.07 Å². The number of anilines is 1. The standard InChI is InChI=1S/C15H17NO3/c1-10-2-6-13(9-12(10)5-7-15(18)19)16-14(17)8-11-3-4-11/h2,5-7,9,11H,3-4,8H2,1H3,(H,16,17)(H,18,19). The summed E-state index contributed by atoms with van der Waals surface area (Å²) in [6, 6.07) is 5.49. The van der Waals surface area contributed by atoms with Crippen LogP contribution in [0.3, 0.4) is 0 Å². The van der Waals surface area contributed by atoms with Crippen molar-refractivity contribution >= 4 is 23.6 Å². The first-order valence-corrected chi connectivity index (χ1v) is 6.36. The van der Waals surface area contributed by atoms with Crippen LogP contribution in [0.1, 0.15) is 30.4 Å². The molecule has 4 heteroatoms. The van der Waals surface area contributed by atoms with Crippen LogP contribution in [-0.4, -0.2) is 17.0 Å². The highest BCUT2D eigenvalue weighted by Gasteiger charge is 2.24. The number of aryl methyl sites for hydroxylation is 1. The first-order valence-electron chi connectivity index (χ1n) is 6.36. The van der Waals surface area contributed by atoms with Gasteiger partial charge in [0.2, 0.25) is 5.91 Å². The Labute approximate surface area is 112 Å². The lowest BCUT2D eigenvalue weighted by Crippen LogP contribution is -2.12. The molecule has 0 bridgehead atoms. The second-order valence-corrected chi connectivity index (χ2v) is 4.94. The highest BCUT2D eigenvalue weighted by atomic mass is 16.4. The Morgan fingerprint density at radius 2 is 2.16 bits per heavy atom. The van der Waals surface area contributed by atoms with E-state index < -0.39 is 5.97 Å². The van der Waals surface area contributed by atoms with Crippen LogP contribution >= 0.6 is 0 Å². The molecule has 0 atom stereocenters. The molecular weight excluding hydrogens is 242 g/mol. The van der Waals surface area contributed by atoms with Crippen molar-refractivity contribution in [3.8, 4) is 0 Å². The Bertz CT molecular complexity index is 530. The minimum Gasteiger partial charge on any atom is -0.478 e. The summed E-state index contributed by atoms with van der Waals surface area (Å²) in [4.78, 5) is 22.2. The van der Waals surface area contributed by atoms with Crippen molar-refractivity contribution in [3.63, 3.8) is 0 Å². The van der Waals surface area contributed by atoms with E-state index in [0.29, 0.717) is 18.0 Å². The maximum atomic E-state index is 11.7. The fraction of sp³-hybridized carbons (Fsp3) is 0.333. The van der Waals surface area contributed by atoms with Gasteiger partial charge in [0.1, 0.15) is 0 Å². The summed E-state index contributed by atoms with van der Waals surface area (Å²) in [6.45, 7) is 1.90. The third kappa shape index (κ3) is 4.25. The minimum absolute atomic E-state index is 0.0273. The van der Waals surface area contributed by atoms with Gasteiger partial charge in [-0.15, -0.1) is 0 Å². The number of carboxylic acid groups (broad SMARTS) is 1. The molecule has 0 aliphatic heterocycles. The molecule has 100 valence electrons. The maximum absolute atomic E-state index is 11.7. The number of carbonyl (C=O) groups is 2. The number of carbonyl (C=O) groups excluding carboxylic acids is 1. The zero-order chi connectivity index (χ0) is 13.8. The second kappa shape index (κ2) is 5.69. The Hall–Kier alpha value is -2.10. The molecular formula is C15H17NO3. The molecule has 1 amide bonds. The van der Waals surface area contributed by atoms with Crippen LogP contribution in [-0.2, 0) is 9.59 Å². The lowest BCUT2D eigenvalue weighted by molar-refractivity contribution is -0.131. The van der Waals surface area contributed by atoms with Crippen molar-refractivity contribution in [3.05, 3.63) is 35.4 Å². The molecule has 1 aromatic rings. The number of hydrogen-bond donors (Lipinski definition) is 2. The van der Waals surface area contributed by atoms with Gasteiger partial charge >= 0.3 is 5.97 Å². The average Bonchev–Trinajstić information content (AvgIpc) is 3.13. The van der Waals surface area contributed by atoms with Gasteiger partial charge in [0.05, 0.1) is 0 Å². The van der Waals surface area contributed by atoms with Gasteiger partial charge < -0.3 is 10.4 Å². The van der Waals surface area contributed by atoms with Crippen LogP contribution in [0, 0.1) is 12.8 Å². The zero-order valence-electron chi connectivity index (χ0n) is 10.8. The first kappa shape index (κ1) is 13.3. The van der Waals surface area contributed by atoms with Gasteiger partial charge in [0, 0.05) is 18.2 Å². The third-order valence-electron chi connectivity index (χ3n) is 3.14. The molecule has 1 aliphatic carbocycles. The molecule has 1 aromatic carbocycles. The van der Waals surface area contributed by atoms with E-state index in [9.17, 15) is 9.59 Å². The van der Waals surface area contributed by atoms with E-state index in [1.807, 2.05) is 19.1 Å². The van der Waals surface area contributed by atoms with E-state index in [1.165, 1.54) is 6.08 Å². The molecule has 0 unspecified atom stereocenters. The van der Waals surface area contributed by atoms with Gasteiger partial charge in [-0.25, -0.2) is 4.79 Å². The third-order valence-corrected chi connectivity index (χ3v) is 3.14.